The predicted octanol–water partition coefficient (Wildman–Crippen LogP) is 2.00. The molecule has 1 aromatic rings. The zero-order valence-electron chi connectivity index (χ0n) is 10.8. The van der Waals surface area contributed by atoms with Crippen LogP contribution in [-0.4, -0.2) is 31.2 Å². The van der Waals surface area contributed by atoms with Crippen molar-refractivity contribution < 1.29 is 14.4 Å². The van der Waals surface area contributed by atoms with Gasteiger partial charge in [0.1, 0.15) is 0 Å². The molecule has 0 N–H and O–H groups in total. The third kappa shape index (κ3) is 3.09. The van der Waals surface area contributed by atoms with Crippen LogP contribution in [0.4, 0.5) is 0 Å². The summed E-state index contributed by atoms with van der Waals surface area (Å²) in [5.74, 6) is 0.0905. The van der Waals surface area contributed by atoms with E-state index >= 15 is 0 Å². The van der Waals surface area contributed by atoms with Crippen molar-refractivity contribution in [2.24, 2.45) is 5.92 Å². The molecule has 1 aromatic carbocycles. The average Bonchev–Trinajstić information content (AvgIpc) is 2.36. The van der Waals surface area contributed by atoms with E-state index in [0.717, 1.165) is 12.8 Å². The number of carbonyl (C=O) groups excluding carboxylic acids is 1. The van der Waals surface area contributed by atoms with Gasteiger partial charge in [0.2, 0.25) is 5.91 Å². The fourth-order valence-electron chi connectivity index (χ4n) is 2.04. The third-order valence-corrected chi connectivity index (χ3v) is 3.36. The van der Waals surface area contributed by atoms with Crippen molar-refractivity contribution >= 4 is 5.91 Å². The van der Waals surface area contributed by atoms with E-state index in [1.165, 1.54) is 17.7 Å². The average molecular weight is 249 g/mol. The van der Waals surface area contributed by atoms with Crippen LogP contribution in [0.15, 0.2) is 30.3 Å². The minimum atomic E-state index is 0.0389. The van der Waals surface area contributed by atoms with Crippen molar-refractivity contribution in [2.45, 2.75) is 25.6 Å². The van der Waals surface area contributed by atoms with Gasteiger partial charge in [-0.2, -0.15) is 0 Å². The van der Waals surface area contributed by atoms with Crippen molar-refractivity contribution in [1.82, 2.24) is 5.06 Å². The molecule has 0 heterocycles. The number of hydroxylamine groups is 2. The molecule has 4 nitrogen and oxygen atoms in total. The number of ether oxygens (including phenoxy) is 1. The Hall–Kier alpha value is -1.39. The molecule has 0 aromatic heterocycles. The highest BCUT2D eigenvalue weighted by Crippen LogP contribution is 2.32. The molecule has 0 unspecified atom stereocenters. The van der Waals surface area contributed by atoms with Gasteiger partial charge in [0.15, 0.2) is 0 Å². The van der Waals surface area contributed by atoms with Crippen LogP contribution in [0, 0.1) is 5.92 Å². The standard InChI is InChI=1S/C14H19NO3/c1-15(17-2)14(16)12-8-13(9-12)18-10-11-6-4-3-5-7-11/h3-7,12-13H,8-10H2,1-2H3/t12-,13-. The highest BCUT2D eigenvalue weighted by Gasteiger charge is 2.36. The second-order valence-electron chi connectivity index (χ2n) is 4.61. The van der Waals surface area contributed by atoms with Gasteiger partial charge in [-0.1, -0.05) is 30.3 Å². The number of benzene rings is 1. The first kappa shape index (κ1) is 13.1. The van der Waals surface area contributed by atoms with Crippen LogP contribution in [0.5, 0.6) is 0 Å². The lowest BCUT2D eigenvalue weighted by Crippen LogP contribution is -2.42. The summed E-state index contributed by atoms with van der Waals surface area (Å²) in [5.41, 5.74) is 1.17. The number of carbonyl (C=O) groups is 1. The summed E-state index contributed by atoms with van der Waals surface area (Å²) in [6.45, 7) is 0.618. The van der Waals surface area contributed by atoms with Gasteiger partial charge in [0.05, 0.1) is 19.8 Å². The summed E-state index contributed by atoms with van der Waals surface area (Å²) in [4.78, 5) is 16.6. The van der Waals surface area contributed by atoms with Crippen molar-refractivity contribution in [3.8, 4) is 0 Å². The zero-order chi connectivity index (χ0) is 13.0. The van der Waals surface area contributed by atoms with Crippen molar-refractivity contribution in [2.75, 3.05) is 14.2 Å². The summed E-state index contributed by atoms with van der Waals surface area (Å²) in [7, 11) is 3.14. The second-order valence-corrected chi connectivity index (χ2v) is 4.61. The van der Waals surface area contributed by atoms with Crippen LogP contribution in [0.2, 0.25) is 0 Å². The molecule has 1 amide bonds. The third-order valence-electron chi connectivity index (χ3n) is 3.36. The number of hydrogen-bond acceptors (Lipinski definition) is 3. The van der Waals surface area contributed by atoms with Gasteiger partial charge < -0.3 is 4.74 Å². The molecule has 0 aliphatic heterocycles. The molecule has 98 valence electrons. The van der Waals surface area contributed by atoms with Gasteiger partial charge in [-0.05, 0) is 18.4 Å². The monoisotopic (exact) mass is 249 g/mol. The number of hydrogen-bond donors (Lipinski definition) is 0. The van der Waals surface area contributed by atoms with Crippen molar-refractivity contribution in [3.05, 3.63) is 35.9 Å². The largest absolute Gasteiger partial charge is 0.373 e. The van der Waals surface area contributed by atoms with Crippen LogP contribution in [0.3, 0.4) is 0 Å². The number of rotatable bonds is 5. The number of nitrogens with zero attached hydrogens (tertiary/aromatic N) is 1. The first-order valence-electron chi connectivity index (χ1n) is 6.18. The molecule has 18 heavy (non-hydrogen) atoms. The van der Waals surface area contributed by atoms with E-state index in [0.29, 0.717) is 6.61 Å². The van der Waals surface area contributed by atoms with Crippen LogP contribution in [0.1, 0.15) is 18.4 Å². The Labute approximate surface area is 107 Å². The van der Waals surface area contributed by atoms with Crippen LogP contribution < -0.4 is 0 Å². The van der Waals surface area contributed by atoms with E-state index in [1.54, 1.807) is 7.05 Å². The second kappa shape index (κ2) is 5.98. The van der Waals surface area contributed by atoms with Gasteiger partial charge in [0.25, 0.3) is 0 Å². The Morgan fingerprint density at radius 3 is 2.61 bits per heavy atom. The summed E-state index contributed by atoms with van der Waals surface area (Å²) < 4.78 is 5.75. The Bertz CT molecular complexity index is 387. The maximum Gasteiger partial charge on any atom is 0.249 e. The van der Waals surface area contributed by atoms with E-state index in [1.807, 2.05) is 30.3 Å². The summed E-state index contributed by atoms with van der Waals surface area (Å²) in [6, 6.07) is 10.1. The molecular weight excluding hydrogens is 230 g/mol. The molecule has 0 bridgehead atoms. The summed E-state index contributed by atoms with van der Waals surface area (Å²) in [6.07, 6.45) is 1.78. The van der Waals surface area contributed by atoms with Crippen molar-refractivity contribution in [3.63, 3.8) is 0 Å². The summed E-state index contributed by atoms with van der Waals surface area (Å²) >= 11 is 0. The first-order chi connectivity index (χ1) is 8.70. The van der Waals surface area contributed by atoms with Gasteiger partial charge in [-0.15, -0.1) is 0 Å². The van der Waals surface area contributed by atoms with Gasteiger partial charge in [-0.3, -0.25) is 9.63 Å². The molecule has 4 heteroatoms. The highest BCUT2D eigenvalue weighted by molar-refractivity contribution is 5.78. The molecule has 1 saturated carbocycles. The lowest BCUT2D eigenvalue weighted by molar-refractivity contribution is -0.181. The minimum Gasteiger partial charge on any atom is -0.373 e. The Morgan fingerprint density at radius 1 is 1.33 bits per heavy atom. The zero-order valence-corrected chi connectivity index (χ0v) is 10.8. The minimum absolute atomic E-state index is 0.0389. The lowest BCUT2D eigenvalue weighted by Gasteiger charge is -2.35. The SMILES string of the molecule is CON(C)C(=O)[C@H]1C[C@H](OCc2ccccc2)C1. The molecule has 1 aliphatic carbocycles. The van der Waals surface area contributed by atoms with Gasteiger partial charge in [0, 0.05) is 13.0 Å². The van der Waals surface area contributed by atoms with E-state index in [4.69, 9.17) is 9.57 Å². The van der Waals surface area contributed by atoms with Crippen molar-refractivity contribution in [1.29, 1.82) is 0 Å². The Kier molecular flexibility index (Phi) is 4.33. The highest BCUT2D eigenvalue weighted by atomic mass is 16.7. The van der Waals surface area contributed by atoms with E-state index in [-0.39, 0.29) is 17.9 Å². The van der Waals surface area contributed by atoms with Crippen LogP contribution >= 0.6 is 0 Å². The van der Waals surface area contributed by atoms with E-state index in [9.17, 15) is 4.79 Å². The smallest absolute Gasteiger partial charge is 0.249 e. The quantitative estimate of drug-likeness (QED) is 0.749. The molecule has 1 aliphatic rings. The molecule has 1 fully saturated rings. The van der Waals surface area contributed by atoms with Gasteiger partial charge in [-0.25, -0.2) is 5.06 Å². The fourth-order valence-corrected chi connectivity index (χ4v) is 2.04. The Balaban J connectivity index is 1.69. The molecule has 2 rings (SSSR count). The normalized spacial score (nSPS) is 22.3. The molecule has 0 spiro atoms. The molecule has 0 saturated heterocycles. The topological polar surface area (TPSA) is 38.8 Å². The number of amides is 1. The molecule has 0 atom stereocenters. The van der Waals surface area contributed by atoms with Crippen LogP contribution in [-0.2, 0) is 21.0 Å². The van der Waals surface area contributed by atoms with Gasteiger partial charge >= 0.3 is 0 Å². The Morgan fingerprint density at radius 2 is 2.00 bits per heavy atom. The van der Waals surface area contributed by atoms with E-state index < -0.39 is 0 Å². The predicted molar refractivity (Wildman–Crippen MR) is 67.5 cm³/mol. The summed E-state index contributed by atoms with van der Waals surface area (Å²) in [5, 5.41) is 1.29. The first-order valence-corrected chi connectivity index (χ1v) is 6.18. The van der Waals surface area contributed by atoms with E-state index in [2.05, 4.69) is 0 Å². The molecule has 0 radical (unpaired) electrons. The van der Waals surface area contributed by atoms with Crippen LogP contribution in [0.25, 0.3) is 0 Å². The lowest BCUT2D eigenvalue weighted by atomic mass is 9.81. The fraction of sp³-hybridized carbons (Fsp3) is 0.500. The molecular formula is C14H19NO3. The maximum absolute atomic E-state index is 11.7. The maximum atomic E-state index is 11.7.